The van der Waals surface area contributed by atoms with E-state index in [-0.39, 0.29) is 0 Å². The van der Waals surface area contributed by atoms with Crippen molar-refractivity contribution >= 4 is 11.6 Å². The van der Waals surface area contributed by atoms with Gasteiger partial charge in [-0.25, -0.2) is 0 Å². The Kier molecular flexibility index (Phi) is 3.69. The normalized spacial score (nSPS) is 10.4. The first-order chi connectivity index (χ1) is 8.61. The molecule has 2 rings (SSSR count). The summed E-state index contributed by atoms with van der Waals surface area (Å²) in [5.41, 5.74) is 3.94. The molecule has 0 fully saturated rings. The molecule has 0 aliphatic carbocycles. The molecule has 2 heteroatoms. The van der Waals surface area contributed by atoms with Gasteiger partial charge in [-0.1, -0.05) is 55.8 Å². The Balaban J connectivity index is 2.40. The van der Waals surface area contributed by atoms with Crippen LogP contribution in [0.2, 0.25) is 5.02 Å². The first-order valence-electron chi connectivity index (χ1n) is 5.92. The fraction of sp³-hybridized carbons (Fsp3) is 0.188. The first-order valence-corrected chi connectivity index (χ1v) is 6.29. The highest BCUT2D eigenvalue weighted by Crippen LogP contribution is 2.29. The average Bonchev–Trinajstić information content (AvgIpc) is 2.38. The lowest BCUT2D eigenvalue weighted by Gasteiger charge is -2.08. The van der Waals surface area contributed by atoms with Crippen molar-refractivity contribution in [1.82, 2.24) is 0 Å². The van der Waals surface area contributed by atoms with Crippen LogP contribution in [-0.4, -0.2) is 0 Å². The van der Waals surface area contributed by atoms with Crippen molar-refractivity contribution in [3.05, 3.63) is 58.6 Å². The predicted molar refractivity (Wildman–Crippen MR) is 75.7 cm³/mol. The highest BCUT2D eigenvalue weighted by Gasteiger charge is 2.05. The molecule has 90 valence electrons. The third-order valence-electron chi connectivity index (χ3n) is 2.99. The molecule has 1 nitrogen and oxygen atoms in total. The van der Waals surface area contributed by atoms with Crippen molar-refractivity contribution in [3.63, 3.8) is 0 Å². The van der Waals surface area contributed by atoms with Crippen LogP contribution < -0.4 is 0 Å². The van der Waals surface area contributed by atoms with E-state index in [1.165, 1.54) is 5.56 Å². The largest absolute Gasteiger partial charge is 0.192 e. The Morgan fingerprint density at radius 1 is 1.06 bits per heavy atom. The van der Waals surface area contributed by atoms with E-state index >= 15 is 0 Å². The van der Waals surface area contributed by atoms with Crippen LogP contribution in [0.3, 0.4) is 0 Å². The number of hydrogen-bond acceptors (Lipinski definition) is 1. The molecule has 0 atom stereocenters. The van der Waals surface area contributed by atoms with Crippen LogP contribution >= 0.6 is 11.6 Å². The topological polar surface area (TPSA) is 23.8 Å². The lowest BCUT2D eigenvalue weighted by atomic mass is 9.98. The molecule has 0 bridgehead atoms. The number of nitriles is 1. The van der Waals surface area contributed by atoms with E-state index in [2.05, 4.69) is 44.2 Å². The number of hydrogen-bond donors (Lipinski definition) is 0. The molecule has 0 aromatic heterocycles. The lowest BCUT2D eigenvalue weighted by molar-refractivity contribution is 0.867. The lowest BCUT2D eigenvalue weighted by Crippen LogP contribution is -1.87. The molecule has 2 aromatic carbocycles. The fourth-order valence-electron chi connectivity index (χ4n) is 1.87. The maximum atomic E-state index is 8.81. The van der Waals surface area contributed by atoms with Gasteiger partial charge in [0.2, 0.25) is 0 Å². The van der Waals surface area contributed by atoms with Gasteiger partial charge in [0.05, 0.1) is 11.6 Å². The number of benzene rings is 2. The Morgan fingerprint density at radius 3 is 2.22 bits per heavy atom. The Morgan fingerprint density at radius 2 is 1.72 bits per heavy atom. The third-order valence-corrected chi connectivity index (χ3v) is 3.30. The summed E-state index contributed by atoms with van der Waals surface area (Å²) >= 11 is 6.19. The van der Waals surface area contributed by atoms with Gasteiger partial charge in [0, 0.05) is 10.6 Å². The van der Waals surface area contributed by atoms with E-state index in [1.807, 2.05) is 6.07 Å². The van der Waals surface area contributed by atoms with Gasteiger partial charge in [0.1, 0.15) is 0 Å². The second-order valence-electron chi connectivity index (χ2n) is 4.58. The van der Waals surface area contributed by atoms with Gasteiger partial charge < -0.3 is 0 Å². The second-order valence-corrected chi connectivity index (χ2v) is 4.99. The van der Waals surface area contributed by atoms with E-state index in [0.717, 1.165) is 11.1 Å². The van der Waals surface area contributed by atoms with Gasteiger partial charge in [-0.05, 0) is 29.2 Å². The van der Waals surface area contributed by atoms with Gasteiger partial charge in [0.15, 0.2) is 0 Å². The Bertz CT molecular complexity index is 591. The van der Waals surface area contributed by atoms with Gasteiger partial charge in [-0.3, -0.25) is 0 Å². The summed E-state index contributed by atoms with van der Waals surface area (Å²) in [6.45, 7) is 4.34. The van der Waals surface area contributed by atoms with E-state index in [4.69, 9.17) is 16.9 Å². The van der Waals surface area contributed by atoms with Crippen LogP contribution in [0.5, 0.6) is 0 Å². The summed E-state index contributed by atoms with van der Waals surface area (Å²) in [4.78, 5) is 0. The number of halogens is 1. The summed E-state index contributed by atoms with van der Waals surface area (Å²) in [5.74, 6) is 0.524. The SMILES string of the molecule is CC(C)c1ccc(-c2ccc(C#N)cc2Cl)cc1. The van der Waals surface area contributed by atoms with Crippen molar-refractivity contribution < 1.29 is 0 Å². The van der Waals surface area contributed by atoms with E-state index < -0.39 is 0 Å². The van der Waals surface area contributed by atoms with Crippen LogP contribution in [0.1, 0.15) is 30.9 Å². The summed E-state index contributed by atoms with van der Waals surface area (Å²) < 4.78 is 0. The molecule has 0 spiro atoms. The van der Waals surface area contributed by atoms with Crippen LogP contribution in [0.4, 0.5) is 0 Å². The van der Waals surface area contributed by atoms with Crippen molar-refractivity contribution in [2.24, 2.45) is 0 Å². The average molecular weight is 256 g/mol. The molecule has 2 aromatic rings. The molecule has 0 radical (unpaired) electrons. The van der Waals surface area contributed by atoms with Crippen molar-refractivity contribution in [2.45, 2.75) is 19.8 Å². The van der Waals surface area contributed by atoms with Crippen molar-refractivity contribution in [2.75, 3.05) is 0 Å². The van der Waals surface area contributed by atoms with E-state index in [0.29, 0.717) is 16.5 Å². The van der Waals surface area contributed by atoms with Gasteiger partial charge in [-0.15, -0.1) is 0 Å². The monoisotopic (exact) mass is 255 g/mol. The molecule has 0 aliphatic heterocycles. The molecular formula is C16H14ClN. The smallest absolute Gasteiger partial charge is 0.0992 e. The summed E-state index contributed by atoms with van der Waals surface area (Å²) in [5, 5.41) is 9.43. The minimum Gasteiger partial charge on any atom is -0.192 e. The minimum absolute atomic E-state index is 0.524. The summed E-state index contributed by atoms with van der Waals surface area (Å²) in [6.07, 6.45) is 0. The molecule has 0 amide bonds. The van der Waals surface area contributed by atoms with Crippen molar-refractivity contribution in [3.8, 4) is 17.2 Å². The molecule has 0 N–H and O–H groups in total. The predicted octanol–water partition coefficient (Wildman–Crippen LogP) is 5.00. The zero-order chi connectivity index (χ0) is 13.1. The highest BCUT2D eigenvalue weighted by atomic mass is 35.5. The third kappa shape index (κ3) is 2.55. The summed E-state index contributed by atoms with van der Waals surface area (Å²) in [7, 11) is 0. The van der Waals surface area contributed by atoms with Crippen LogP contribution in [0.25, 0.3) is 11.1 Å². The minimum atomic E-state index is 0.524. The number of nitrogens with zero attached hydrogens (tertiary/aromatic N) is 1. The molecule has 0 aliphatic rings. The summed E-state index contributed by atoms with van der Waals surface area (Å²) in [6, 6.07) is 15.9. The Hall–Kier alpha value is -1.78. The van der Waals surface area contributed by atoms with Gasteiger partial charge in [-0.2, -0.15) is 5.26 Å². The zero-order valence-electron chi connectivity index (χ0n) is 10.4. The molecule has 0 unspecified atom stereocenters. The quantitative estimate of drug-likeness (QED) is 0.741. The highest BCUT2D eigenvalue weighted by molar-refractivity contribution is 6.33. The Labute approximate surface area is 113 Å². The molecule has 0 heterocycles. The van der Waals surface area contributed by atoms with Gasteiger partial charge in [0.25, 0.3) is 0 Å². The first kappa shape index (κ1) is 12.7. The van der Waals surface area contributed by atoms with Crippen LogP contribution in [-0.2, 0) is 0 Å². The second kappa shape index (κ2) is 5.25. The van der Waals surface area contributed by atoms with Gasteiger partial charge >= 0.3 is 0 Å². The maximum absolute atomic E-state index is 8.81. The molecule has 0 saturated heterocycles. The van der Waals surface area contributed by atoms with E-state index in [9.17, 15) is 0 Å². The molecular weight excluding hydrogens is 242 g/mol. The fourth-order valence-corrected chi connectivity index (χ4v) is 2.16. The van der Waals surface area contributed by atoms with Crippen LogP contribution in [0.15, 0.2) is 42.5 Å². The standard InChI is InChI=1S/C16H14ClN/c1-11(2)13-4-6-14(7-5-13)15-8-3-12(10-18)9-16(15)17/h3-9,11H,1-2H3. The molecule has 18 heavy (non-hydrogen) atoms. The van der Waals surface area contributed by atoms with Crippen molar-refractivity contribution in [1.29, 1.82) is 5.26 Å². The van der Waals surface area contributed by atoms with E-state index in [1.54, 1.807) is 12.1 Å². The zero-order valence-corrected chi connectivity index (χ0v) is 11.2. The van der Waals surface area contributed by atoms with Crippen LogP contribution in [0, 0.1) is 11.3 Å². The number of rotatable bonds is 2. The maximum Gasteiger partial charge on any atom is 0.0992 e. The molecule has 0 saturated carbocycles.